The van der Waals surface area contributed by atoms with E-state index in [1.54, 1.807) is 18.2 Å². The molecule has 0 atom stereocenters. The molecule has 1 aliphatic rings. The average molecular weight is 316 g/mol. The Balaban J connectivity index is 2.08. The van der Waals surface area contributed by atoms with Crippen molar-refractivity contribution in [2.75, 3.05) is 36.8 Å². The molecular formula is C14H21FN2O3S. The van der Waals surface area contributed by atoms with Gasteiger partial charge in [-0.1, -0.05) is 19.1 Å². The minimum Gasteiger partial charge on any atom is -0.392 e. The Labute approximate surface area is 125 Å². The molecule has 1 heterocycles. The smallest absolute Gasteiger partial charge is 0.214 e. The largest absolute Gasteiger partial charge is 0.392 e. The van der Waals surface area contributed by atoms with Gasteiger partial charge in [0.15, 0.2) is 5.82 Å². The van der Waals surface area contributed by atoms with Gasteiger partial charge in [0.1, 0.15) is 0 Å². The van der Waals surface area contributed by atoms with E-state index in [-0.39, 0.29) is 17.9 Å². The van der Waals surface area contributed by atoms with Crippen LogP contribution in [0.3, 0.4) is 0 Å². The number of hydrogen-bond acceptors (Lipinski definition) is 4. The first kappa shape index (κ1) is 16.2. The van der Waals surface area contributed by atoms with Gasteiger partial charge in [0, 0.05) is 31.7 Å². The molecular weight excluding hydrogens is 295 g/mol. The number of aliphatic hydroxyl groups excluding tert-OH is 1. The van der Waals surface area contributed by atoms with Crippen LogP contribution >= 0.6 is 0 Å². The van der Waals surface area contributed by atoms with Crippen LogP contribution in [0.4, 0.5) is 10.1 Å². The number of piperazine rings is 1. The number of aliphatic hydroxyl groups is 1. The summed E-state index contributed by atoms with van der Waals surface area (Å²) in [5.41, 5.74) is 0.683. The van der Waals surface area contributed by atoms with Crippen molar-refractivity contribution in [2.45, 2.75) is 20.0 Å². The van der Waals surface area contributed by atoms with Crippen molar-refractivity contribution in [3.63, 3.8) is 0 Å². The lowest BCUT2D eigenvalue weighted by atomic mass is 10.1. The zero-order valence-corrected chi connectivity index (χ0v) is 12.9. The van der Waals surface area contributed by atoms with Gasteiger partial charge in [-0.25, -0.2) is 12.8 Å². The van der Waals surface area contributed by atoms with Gasteiger partial charge in [0.25, 0.3) is 0 Å². The van der Waals surface area contributed by atoms with Gasteiger partial charge in [-0.3, -0.25) is 0 Å². The maximum absolute atomic E-state index is 14.2. The van der Waals surface area contributed by atoms with Gasteiger partial charge >= 0.3 is 0 Å². The SMILES string of the molecule is CCCS(=O)(=O)N1CCN(c2cccc(CO)c2F)CC1. The molecule has 0 amide bonds. The molecule has 0 saturated carbocycles. The van der Waals surface area contributed by atoms with Crippen LogP contribution in [-0.4, -0.2) is 49.8 Å². The highest BCUT2D eigenvalue weighted by Gasteiger charge is 2.27. The van der Waals surface area contributed by atoms with Gasteiger partial charge < -0.3 is 10.0 Å². The summed E-state index contributed by atoms with van der Waals surface area (Å²) in [6.07, 6.45) is 0.593. The minimum absolute atomic E-state index is 0.154. The maximum Gasteiger partial charge on any atom is 0.214 e. The minimum atomic E-state index is -3.19. The van der Waals surface area contributed by atoms with Crippen LogP contribution in [0, 0.1) is 5.82 Å². The number of rotatable bonds is 5. The van der Waals surface area contributed by atoms with Crippen molar-refractivity contribution in [2.24, 2.45) is 0 Å². The molecule has 1 aliphatic heterocycles. The summed E-state index contributed by atoms with van der Waals surface area (Å²) in [6, 6.07) is 4.90. The van der Waals surface area contributed by atoms with E-state index in [1.807, 2.05) is 11.8 Å². The number of halogens is 1. The molecule has 1 N–H and O–H groups in total. The van der Waals surface area contributed by atoms with E-state index in [0.717, 1.165) is 0 Å². The standard InChI is InChI=1S/C14H21FN2O3S/c1-2-10-21(19,20)17-8-6-16(7-9-17)13-5-3-4-12(11-18)14(13)15/h3-5,18H,2,6-11H2,1H3. The van der Waals surface area contributed by atoms with E-state index in [4.69, 9.17) is 5.11 Å². The zero-order valence-electron chi connectivity index (χ0n) is 12.1. The lowest BCUT2D eigenvalue weighted by molar-refractivity contribution is 0.275. The van der Waals surface area contributed by atoms with Crippen LogP contribution in [0.1, 0.15) is 18.9 Å². The number of benzene rings is 1. The lowest BCUT2D eigenvalue weighted by Crippen LogP contribution is -2.49. The Morgan fingerprint density at radius 1 is 1.24 bits per heavy atom. The molecule has 0 aliphatic carbocycles. The average Bonchev–Trinajstić information content (AvgIpc) is 2.47. The normalized spacial score (nSPS) is 17.2. The van der Waals surface area contributed by atoms with Crippen molar-refractivity contribution < 1.29 is 17.9 Å². The second-order valence-electron chi connectivity index (χ2n) is 5.11. The van der Waals surface area contributed by atoms with Gasteiger partial charge in [-0.15, -0.1) is 0 Å². The van der Waals surface area contributed by atoms with Gasteiger partial charge in [0.05, 0.1) is 18.0 Å². The summed E-state index contributed by atoms with van der Waals surface area (Å²) in [5, 5.41) is 9.10. The zero-order chi connectivity index (χ0) is 15.5. The highest BCUT2D eigenvalue weighted by Crippen LogP contribution is 2.24. The fourth-order valence-electron chi connectivity index (χ4n) is 2.53. The Morgan fingerprint density at radius 3 is 2.48 bits per heavy atom. The molecule has 21 heavy (non-hydrogen) atoms. The Bertz CT molecular complexity index is 584. The fraction of sp³-hybridized carbons (Fsp3) is 0.571. The van der Waals surface area contributed by atoms with Crippen molar-refractivity contribution in [3.05, 3.63) is 29.6 Å². The van der Waals surface area contributed by atoms with E-state index in [1.165, 1.54) is 4.31 Å². The molecule has 0 spiro atoms. The number of nitrogens with zero attached hydrogens (tertiary/aromatic N) is 2. The molecule has 0 bridgehead atoms. The molecule has 0 aromatic heterocycles. The Kier molecular flexibility index (Phi) is 5.18. The third-order valence-electron chi connectivity index (χ3n) is 3.66. The molecule has 1 aromatic rings. The number of hydrogen-bond donors (Lipinski definition) is 1. The predicted octanol–water partition coefficient (Wildman–Crippen LogP) is 1.18. The highest BCUT2D eigenvalue weighted by molar-refractivity contribution is 7.89. The third kappa shape index (κ3) is 3.53. The number of anilines is 1. The van der Waals surface area contributed by atoms with Crippen molar-refractivity contribution in [1.29, 1.82) is 0 Å². The molecule has 118 valence electrons. The first-order valence-corrected chi connectivity index (χ1v) is 8.71. The van der Waals surface area contributed by atoms with Crippen LogP contribution in [0.15, 0.2) is 18.2 Å². The Morgan fingerprint density at radius 2 is 1.90 bits per heavy atom. The third-order valence-corrected chi connectivity index (χ3v) is 5.74. The van der Waals surface area contributed by atoms with Crippen LogP contribution < -0.4 is 4.90 Å². The van der Waals surface area contributed by atoms with Crippen molar-refractivity contribution >= 4 is 15.7 Å². The molecule has 0 radical (unpaired) electrons. The van der Waals surface area contributed by atoms with E-state index in [9.17, 15) is 12.8 Å². The van der Waals surface area contributed by atoms with Crippen LogP contribution in [0.2, 0.25) is 0 Å². The molecule has 1 aromatic carbocycles. The van der Waals surface area contributed by atoms with Crippen molar-refractivity contribution in [3.8, 4) is 0 Å². The van der Waals surface area contributed by atoms with Gasteiger partial charge in [0.2, 0.25) is 10.0 Å². The predicted molar refractivity (Wildman–Crippen MR) is 80.2 cm³/mol. The molecule has 7 heteroatoms. The van der Waals surface area contributed by atoms with Gasteiger partial charge in [-0.05, 0) is 12.5 Å². The van der Waals surface area contributed by atoms with Crippen molar-refractivity contribution in [1.82, 2.24) is 4.31 Å². The summed E-state index contributed by atoms with van der Waals surface area (Å²) >= 11 is 0. The molecule has 0 unspecified atom stereocenters. The Hall–Kier alpha value is -1.18. The quantitative estimate of drug-likeness (QED) is 0.886. The van der Waals surface area contributed by atoms with Crippen LogP contribution in [-0.2, 0) is 16.6 Å². The fourth-order valence-corrected chi connectivity index (χ4v) is 4.02. The van der Waals surface area contributed by atoms with E-state index in [2.05, 4.69) is 0 Å². The first-order chi connectivity index (χ1) is 9.99. The summed E-state index contributed by atoms with van der Waals surface area (Å²) in [6.45, 7) is 3.13. The van der Waals surface area contributed by atoms with Gasteiger partial charge in [-0.2, -0.15) is 4.31 Å². The van der Waals surface area contributed by atoms with E-state index in [0.29, 0.717) is 38.3 Å². The van der Waals surface area contributed by atoms with Crippen LogP contribution in [0.5, 0.6) is 0 Å². The van der Waals surface area contributed by atoms with E-state index >= 15 is 0 Å². The summed E-state index contributed by atoms with van der Waals surface area (Å²) < 4.78 is 39.6. The summed E-state index contributed by atoms with van der Waals surface area (Å²) in [4.78, 5) is 1.83. The molecule has 1 saturated heterocycles. The maximum atomic E-state index is 14.2. The summed E-state index contributed by atoms with van der Waals surface area (Å²) in [5.74, 6) is -0.272. The highest BCUT2D eigenvalue weighted by atomic mass is 32.2. The first-order valence-electron chi connectivity index (χ1n) is 7.10. The number of sulfonamides is 1. The molecule has 2 rings (SSSR count). The second-order valence-corrected chi connectivity index (χ2v) is 7.20. The second kappa shape index (κ2) is 6.72. The molecule has 1 fully saturated rings. The van der Waals surface area contributed by atoms with Crippen LogP contribution in [0.25, 0.3) is 0 Å². The topological polar surface area (TPSA) is 60.9 Å². The molecule has 5 nitrogen and oxygen atoms in total. The lowest BCUT2D eigenvalue weighted by Gasteiger charge is -2.35. The monoisotopic (exact) mass is 316 g/mol. The van der Waals surface area contributed by atoms with E-state index < -0.39 is 15.8 Å². The summed E-state index contributed by atoms with van der Waals surface area (Å²) in [7, 11) is -3.19.